The number of carbonyl (C=O) groups excluding carboxylic acids is 1. The predicted octanol–water partition coefficient (Wildman–Crippen LogP) is 3.45. The largest absolute Gasteiger partial charge is 0.342 e. The van der Waals surface area contributed by atoms with Crippen molar-refractivity contribution in [1.29, 1.82) is 0 Å². The van der Waals surface area contributed by atoms with Crippen LogP contribution in [0.2, 0.25) is 0 Å². The fourth-order valence-corrected chi connectivity index (χ4v) is 3.15. The Morgan fingerprint density at radius 1 is 1.32 bits per heavy atom. The molecule has 5 heteroatoms. The third-order valence-electron chi connectivity index (χ3n) is 3.89. The molecule has 0 aliphatic heterocycles. The molecule has 0 spiro atoms. The van der Waals surface area contributed by atoms with Crippen molar-refractivity contribution in [2.75, 3.05) is 19.8 Å². The summed E-state index contributed by atoms with van der Waals surface area (Å²) >= 11 is 1.61. The summed E-state index contributed by atoms with van der Waals surface area (Å²) in [4.78, 5) is 15.4. The Kier molecular flexibility index (Phi) is 5.66. The highest BCUT2D eigenvalue weighted by Crippen LogP contribution is 2.21. The van der Waals surface area contributed by atoms with E-state index in [-0.39, 0.29) is 5.91 Å². The Morgan fingerprint density at radius 3 is 2.68 bits per heavy atom. The van der Waals surface area contributed by atoms with Gasteiger partial charge in [0.25, 0.3) is 5.91 Å². The number of rotatable bonds is 6. The van der Waals surface area contributed by atoms with Crippen LogP contribution in [0.5, 0.6) is 0 Å². The standard InChI is InChI=1S/C17H23N3OS/c1-12-14(13(2)19-18-12)9-7-11-20(3)17(21)15-8-5-6-10-16(15)22-4/h5-6,8,10H,7,9,11H2,1-4H3,(H,18,19). The van der Waals surface area contributed by atoms with Crippen LogP contribution < -0.4 is 0 Å². The molecule has 1 amide bonds. The van der Waals surface area contributed by atoms with Crippen LogP contribution in [0.25, 0.3) is 0 Å². The summed E-state index contributed by atoms with van der Waals surface area (Å²) in [5.41, 5.74) is 4.23. The molecule has 0 aliphatic rings. The molecule has 1 aromatic carbocycles. The van der Waals surface area contributed by atoms with Gasteiger partial charge < -0.3 is 4.90 Å². The summed E-state index contributed by atoms with van der Waals surface area (Å²) in [5.74, 6) is 0.0885. The van der Waals surface area contributed by atoms with Crippen molar-refractivity contribution in [1.82, 2.24) is 15.1 Å². The molecule has 0 unspecified atom stereocenters. The number of aromatic nitrogens is 2. The first-order valence-electron chi connectivity index (χ1n) is 7.43. The highest BCUT2D eigenvalue weighted by atomic mass is 32.2. The van der Waals surface area contributed by atoms with Crippen LogP contribution in [-0.4, -0.2) is 40.9 Å². The number of H-pyrrole nitrogens is 1. The summed E-state index contributed by atoms with van der Waals surface area (Å²) in [7, 11) is 1.87. The summed E-state index contributed by atoms with van der Waals surface area (Å²) < 4.78 is 0. The Bertz CT molecular complexity index is 632. The van der Waals surface area contributed by atoms with Crippen molar-refractivity contribution in [2.45, 2.75) is 31.6 Å². The Hall–Kier alpha value is -1.75. The second kappa shape index (κ2) is 7.49. The minimum Gasteiger partial charge on any atom is -0.342 e. The zero-order valence-electron chi connectivity index (χ0n) is 13.6. The number of hydrogen-bond donors (Lipinski definition) is 1. The molecule has 0 atom stereocenters. The Morgan fingerprint density at radius 2 is 2.05 bits per heavy atom. The number of aryl methyl sites for hydroxylation is 2. The minimum absolute atomic E-state index is 0.0885. The van der Waals surface area contributed by atoms with E-state index in [1.807, 2.05) is 51.4 Å². The number of thioether (sulfide) groups is 1. The predicted molar refractivity (Wildman–Crippen MR) is 91.6 cm³/mol. The van der Waals surface area contributed by atoms with E-state index in [9.17, 15) is 4.79 Å². The van der Waals surface area contributed by atoms with Gasteiger partial charge in [-0.25, -0.2) is 0 Å². The van der Waals surface area contributed by atoms with Gasteiger partial charge in [-0.1, -0.05) is 12.1 Å². The zero-order valence-corrected chi connectivity index (χ0v) is 14.5. The summed E-state index contributed by atoms with van der Waals surface area (Å²) in [6, 6.07) is 7.77. The lowest BCUT2D eigenvalue weighted by molar-refractivity contribution is 0.0790. The molecule has 1 aromatic heterocycles. The van der Waals surface area contributed by atoms with E-state index in [1.54, 1.807) is 16.7 Å². The van der Waals surface area contributed by atoms with Crippen LogP contribution in [0, 0.1) is 13.8 Å². The number of nitrogens with one attached hydrogen (secondary N) is 1. The van der Waals surface area contributed by atoms with Crippen molar-refractivity contribution in [3.05, 3.63) is 46.8 Å². The molecule has 2 rings (SSSR count). The van der Waals surface area contributed by atoms with Gasteiger partial charge in [-0.3, -0.25) is 9.89 Å². The smallest absolute Gasteiger partial charge is 0.254 e. The third-order valence-corrected chi connectivity index (χ3v) is 4.68. The van der Waals surface area contributed by atoms with Gasteiger partial charge >= 0.3 is 0 Å². The molecular formula is C17H23N3OS. The fraction of sp³-hybridized carbons (Fsp3) is 0.412. The van der Waals surface area contributed by atoms with E-state index >= 15 is 0 Å². The monoisotopic (exact) mass is 317 g/mol. The van der Waals surface area contributed by atoms with E-state index in [2.05, 4.69) is 10.2 Å². The van der Waals surface area contributed by atoms with Crippen LogP contribution in [0.15, 0.2) is 29.2 Å². The van der Waals surface area contributed by atoms with Crippen LogP contribution in [0.3, 0.4) is 0 Å². The third kappa shape index (κ3) is 3.71. The van der Waals surface area contributed by atoms with E-state index in [0.29, 0.717) is 0 Å². The number of carbonyl (C=O) groups is 1. The van der Waals surface area contributed by atoms with Crippen molar-refractivity contribution >= 4 is 17.7 Å². The molecule has 22 heavy (non-hydrogen) atoms. The first-order chi connectivity index (χ1) is 10.5. The highest BCUT2D eigenvalue weighted by Gasteiger charge is 2.15. The molecule has 0 bridgehead atoms. The summed E-state index contributed by atoms with van der Waals surface area (Å²) in [5, 5.41) is 7.22. The molecule has 0 fully saturated rings. The second-order valence-corrected chi connectivity index (χ2v) is 6.29. The first-order valence-corrected chi connectivity index (χ1v) is 8.66. The van der Waals surface area contributed by atoms with Gasteiger partial charge in [-0.2, -0.15) is 5.10 Å². The summed E-state index contributed by atoms with van der Waals surface area (Å²) in [6.45, 7) is 4.80. The maximum atomic E-state index is 12.5. The number of hydrogen-bond acceptors (Lipinski definition) is 3. The molecule has 1 N–H and O–H groups in total. The van der Waals surface area contributed by atoms with Gasteiger partial charge in [-0.15, -0.1) is 11.8 Å². The lowest BCUT2D eigenvalue weighted by atomic mass is 10.1. The lowest BCUT2D eigenvalue weighted by Gasteiger charge is -2.18. The van der Waals surface area contributed by atoms with Crippen molar-refractivity contribution in [3.63, 3.8) is 0 Å². The molecule has 4 nitrogen and oxygen atoms in total. The maximum Gasteiger partial charge on any atom is 0.254 e. The molecule has 118 valence electrons. The van der Waals surface area contributed by atoms with E-state index in [0.717, 1.165) is 41.2 Å². The van der Waals surface area contributed by atoms with E-state index < -0.39 is 0 Å². The maximum absolute atomic E-state index is 12.5. The van der Waals surface area contributed by atoms with Crippen LogP contribution in [0.1, 0.15) is 33.7 Å². The number of amides is 1. The van der Waals surface area contributed by atoms with Gasteiger partial charge in [0.2, 0.25) is 0 Å². The van der Waals surface area contributed by atoms with Crippen molar-refractivity contribution in [2.24, 2.45) is 0 Å². The van der Waals surface area contributed by atoms with E-state index in [1.165, 1.54) is 5.56 Å². The van der Waals surface area contributed by atoms with Crippen LogP contribution in [0.4, 0.5) is 0 Å². The number of nitrogens with zero attached hydrogens (tertiary/aromatic N) is 2. The molecule has 0 saturated carbocycles. The quantitative estimate of drug-likeness (QED) is 0.830. The Labute approximate surface area is 136 Å². The van der Waals surface area contributed by atoms with Crippen LogP contribution >= 0.6 is 11.8 Å². The van der Waals surface area contributed by atoms with Gasteiger partial charge in [0.05, 0.1) is 11.3 Å². The molecule has 0 saturated heterocycles. The second-order valence-electron chi connectivity index (χ2n) is 5.44. The average molecular weight is 317 g/mol. The SMILES string of the molecule is CSc1ccccc1C(=O)N(C)CCCc1c(C)n[nH]c1C. The molecule has 0 radical (unpaired) electrons. The molecule has 2 aromatic rings. The zero-order chi connectivity index (χ0) is 16.1. The molecule has 0 aliphatic carbocycles. The fourth-order valence-electron chi connectivity index (χ4n) is 2.56. The minimum atomic E-state index is 0.0885. The molecular weight excluding hydrogens is 294 g/mol. The van der Waals surface area contributed by atoms with Crippen molar-refractivity contribution < 1.29 is 4.79 Å². The van der Waals surface area contributed by atoms with Gasteiger partial charge in [0, 0.05) is 24.2 Å². The van der Waals surface area contributed by atoms with Gasteiger partial charge in [-0.05, 0) is 50.6 Å². The average Bonchev–Trinajstić information content (AvgIpc) is 2.85. The number of benzene rings is 1. The molecule has 1 heterocycles. The van der Waals surface area contributed by atoms with Gasteiger partial charge in [0.15, 0.2) is 0 Å². The summed E-state index contributed by atoms with van der Waals surface area (Å²) in [6.07, 6.45) is 3.87. The Balaban J connectivity index is 1.94. The normalized spacial score (nSPS) is 10.7. The number of aromatic amines is 1. The highest BCUT2D eigenvalue weighted by molar-refractivity contribution is 7.98. The first kappa shape index (κ1) is 16.6. The van der Waals surface area contributed by atoms with E-state index in [4.69, 9.17) is 0 Å². The van der Waals surface area contributed by atoms with Gasteiger partial charge in [0.1, 0.15) is 0 Å². The topological polar surface area (TPSA) is 49.0 Å². The van der Waals surface area contributed by atoms with Crippen LogP contribution in [-0.2, 0) is 6.42 Å². The lowest BCUT2D eigenvalue weighted by Crippen LogP contribution is -2.28. The van der Waals surface area contributed by atoms with Crippen molar-refractivity contribution in [3.8, 4) is 0 Å².